The fraction of sp³-hybridized carbons (Fsp3) is 0.321. The lowest BCUT2D eigenvalue weighted by molar-refractivity contribution is -0.139. The van der Waals surface area contributed by atoms with Crippen LogP contribution in [0.1, 0.15) is 37.9 Å². The van der Waals surface area contributed by atoms with Crippen molar-refractivity contribution in [1.29, 1.82) is 0 Å². The van der Waals surface area contributed by atoms with Crippen molar-refractivity contribution < 1.29 is 28.5 Å². The number of nitrogens with zero attached hydrogens (tertiary/aromatic N) is 2. The molecule has 0 amide bonds. The quantitative estimate of drug-likeness (QED) is 0.386. The summed E-state index contributed by atoms with van der Waals surface area (Å²) in [7, 11) is 4.62. The Hall–Kier alpha value is -4.05. The molecule has 1 aliphatic heterocycles. The fourth-order valence-electron chi connectivity index (χ4n) is 4.41. The molecule has 1 aliphatic rings. The van der Waals surface area contributed by atoms with Gasteiger partial charge >= 0.3 is 5.97 Å². The molecule has 1 unspecified atom stereocenters. The van der Waals surface area contributed by atoms with E-state index in [2.05, 4.69) is 4.99 Å². The van der Waals surface area contributed by atoms with Crippen molar-refractivity contribution in [2.75, 3.05) is 34.5 Å². The van der Waals surface area contributed by atoms with Crippen LogP contribution in [0, 0.1) is 0 Å². The number of ether oxygens (including phenoxy) is 5. The van der Waals surface area contributed by atoms with E-state index in [4.69, 9.17) is 23.7 Å². The molecule has 38 heavy (non-hydrogen) atoms. The van der Waals surface area contributed by atoms with E-state index in [-0.39, 0.29) is 17.7 Å². The van der Waals surface area contributed by atoms with Gasteiger partial charge in [-0.05, 0) is 50.6 Å². The summed E-state index contributed by atoms with van der Waals surface area (Å²) in [6, 6.07) is 9.98. The maximum atomic E-state index is 13.9. The van der Waals surface area contributed by atoms with Gasteiger partial charge in [-0.1, -0.05) is 29.5 Å². The molecule has 0 fully saturated rings. The normalized spacial score (nSPS) is 15.0. The number of thiazole rings is 1. The summed E-state index contributed by atoms with van der Waals surface area (Å²) in [4.78, 5) is 32.1. The SMILES string of the molecule is CCOC(=O)C1=C(C)N=c2sc(=Cc3ccc(OCC)c(OC)c3)c(=O)n2C1c1cccc(OC)c1OC. The number of allylic oxidation sites excluding steroid dienone is 1. The number of esters is 1. The number of carbonyl (C=O) groups is 1. The molecular formula is C28H30N2O7S. The third-order valence-corrected chi connectivity index (χ3v) is 7.01. The van der Waals surface area contributed by atoms with Crippen LogP contribution in [-0.4, -0.2) is 45.1 Å². The minimum Gasteiger partial charge on any atom is -0.493 e. The number of fused-ring (bicyclic) bond motifs is 1. The highest BCUT2D eigenvalue weighted by Crippen LogP contribution is 2.40. The molecule has 4 rings (SSSR count). The first-order valence-electron chi connectivity index (χ1n) is 12.1. The molecule has 0 saturated carbocycles. The highest BCUT2D eigenvalue weighted by atomic mass is 32.1. The van der Waals surface area contributed by atoms with Gasteiger partial charge in [0.1, 0.15) is 6.04 Å². The van der Waals surface area contributed by atoms with Gasteiger partial charge in [0.05, 0.1) is 50.3 Å². The number of carbonyl (C=O) groups excluding carboxylic acids is 1. The number of hydrogen-bond acceptors (Lipinski definition) is 9. The topological polar surface area (TPSA) is 97.6 Å². The van der Waals surface area contributed by atoms with Crippen molar-refractivity contribution in [2.24, 2.45) is 4.99 Å². The Morgan fingerprint density at radius 1 is 1.03 bits per heavy atom. The minimum atomic E-state index is -0.827. The first-order chi connectivity index (χ1) is 18.4. The highest BCUT2D eigenvalue weighted by molar-refractivity contribution is 7.07. The van der Waals surface area contributed by atoms with Crippen molar-refractivity contribution >= 4 is 23.4 Å². The number of hydrogen-bond donors (Lipinski definition) is 0. The van der Waals surface area contributed by atoms with Crippen molar-refractivity contribution in [3.05, 3.63) is 78.5 Å². The van der Waals surface area contributed by atoms with Crippen molar-refractivity contribution in [3.63, 3.8) is 0 Å². The standard InChI is InChI=1S/C28H30N2O7S/c1-7-36-19-13-12-17(14-21(19)34-5)15-22-26(31)30-24(18-10-9-11-20(33-4)25(18)35-6)23(27(32)37-8-2)16(3)29-28(30)38-22/h9-15,24H,7-8H2,1-6H3. The van der Waals surface area contributed by atoms with Gasteiger partial charge in [-0.2, -0.15) is 0 Å². The zero-order chi connectivity index (χ0) is 27.4. The second-order valence-corrected chi connectivity index (χ2v) is 9.24. The Kier molecular flexibility index (Phi) is 8.21. The van der Waals surface area contributed by atoms with E-state index in [0.717, 1.165) is 5.56 Å². The van der Waals surface area contributed by atoms with Crippen LogP contribution in [0.3, 0.4) is 0 Å². The number of aromatic nitrogens is 1. The highest BCUT2D eigenvalue weighted by Gasteiger charge is 2.35. The number of benzene rings is 2. The van der Waals surface area contributed by atoms with Crippen LogP contribution in [0.4, 0.5) is 0 Å². The Labute approximate surface area is 224 Å². The van der Waals surface area contributed by atoms with Gasteiger partial charge in [0, 0.05) is 5.56 Å². The molecule has 0 spiro atoms. The predicted molar refractivity (Wildman–Crippen MR) is 144 cm³/mol. The number of para-hydroxylation sites is 1. The second kappa shape index (κ2) is 11.6. The average molecular weight is 539 g/mol. The van der Waals surface area contributed by atoms with E-state index in [1.54, 1.807) is 57.4 Å². The first kappa shape index (κ1) is 27.0. The zero-order valence-electron chi connectivity index (χ0n) is 22.2. The summed E-state index contributed by atoms with van der Waals surface area (Å²) in [5.74, 6) is 1.53. The number of methoxy groups -OCH3 is 3. The summed E-state index contributed by atoms with van der Waals surface area (Å²) in [5.41, 5.74) is 1.77. The molecule has 0 saturated heterocycles. The third kappa shape index (κ3) is 4.91. The van der Waals surface area contributed by atoms with Gasteiger partial charge in [-0.15, -0.1) is 0 Å². The molecule has 0 radical (unpaired) electrons. The van der Waals surface area contributed by atoms with Crippen LogP contribution in [-0.2, 0) is 9.53 Å². The lowest BCUT2D eigenvalue weighted by Gasteiger charge is -2.26. The molecule has 1 aromatic heterocycles. The number of rotatable bonds is 9. The van der Waals surface area contributed by atoms with E-state index in [0.29, 0.717) is 50.2 Å². The summed E-state index contributed by atoms with van der Waals surface area (Å²) >= 11 is 1.24. The lowest BCUT2D eigenvalue weighted by Crippen LogP contribution is -2.40. The maximum Gasteiger partial charge on any atom is 0.338 e. The summed E-state index contributed by atoms with van der Waals surface area (Å²) in [6.07, 6.45) is 1.77. The molecule has 3 aromatic rings. The lowest BCUT2D eigenvalue weighted by atomic mass is 9.94. The molecule has 9 nitrogen and oxygen atoms in total. The van der Waals surface area contributed by atoms with Gasteiger partial charge in [0.15, 0.2) is 27.8 Å². The smallest absolute Gasteiger partial charge is 0.338 e. The van der Waals surface area contributed by atoms with E-state index in [1.807, 2.05) is 13.0 Å². The molecule has 0 bridgehead atoms. The van der Waals surface area contributed by atoms with Crippen LogP contribution in [0.5, 0.6) is 23.0 Å². The van der Waals surface area contributed by atoms with Crippen LogP contribution < -0.4 is 33.8 Å². The van der Waals surface area contributed by atoms with E-state index < -0.39 is 12.0 Å². The molecule has 1 atom stereocenters. The van der Waals surface area contributed by atoms with Gasteiger partial charge < -0.3 is 23.7 Å². The summed E-state index contributed by atoms with van der Waals surface area (Å²) < 4.78 is 29.6. The summed E-state index contributed by atoms with van der Waals surface area (Å²) in [5, 5.41) is 0. The van der Waals surface area contributed by atoms with Crippen LogP contribution >= 0.6 is 11.3 Å². The van der Waals surface area contributed by atoms with Crippen molar-refractivity contribution in [1.82, 2.24) is 4.57 Å². The fourth-order valence-corrected chi connectivity index (χ4v) is 5.46. The van der Waals surface area contributed by atoms with Gasteiger partial charge in [0.2, 0.25) is 0 Å². The average Bonchev–Trinajstić information content (AvgIpc) is 3.22. The largest absolute Gasteiger partial charge is 0.493 e. The Bertz CT molecular complexity index is 1570. The van der Waals surface area contributed by atoms with Crippen LogP contribution in [0.2, 0.25) is 0 Å². The molecule has 0 aliphatic carbocycles. The Morgan fingerprint density at radius 3 is 2.45 bits per heavy atom. The van der Waals surface area contributed by atoms with Gasteiger partial charge in [-0.25, -0.2) is 9.79 Å². The maximum absolute atomic E-state index is 13.9. The van der Waals surface area contributed by atoms with Crippen molar-refractivity contribution in [3.8, 4) is 23.0 Å². The van der Waals surface area contributed by atoms with E-state index >= 15 is 0 Å². The van der Waals surface area contributed by atoms with E-state index in [1.165, 1.54) is 30.1 Å². The predicted octanol–water partition coefficient (Wildman–Crippen LogP) is 3.22. The first-order valence-corrected chi connectivity index (χ1v) is 12.9. The second-order valence-electron chi connectivity index (χ2n) is 8.23. The molecule has 2 heterocycles. The molecule has 200 valence electrons. The summed E-state index contributed by atoms with van der Waals surface area (Å²) in [6.45, 7) is 6.05. The third-order valence-electron chi connectivity index (χ3n) is 6.03. The van der Waals surface area contributed by atoms with E-state index in [9.17, 15) is 9.59 Å². The zero-order valence-corrected chi connectivity index (χ0v) is 23.0. The van der Waals surface area contributed by atoms with Crippen molar-refractivity contribution in [2.45, 2.75) is 26.8 Å². The Balaban J connectivity index is 1.96. The van der Waals surface area contributed by atoms with Gasteiger partial charge in [-0.3, -0.25) is 9.36 Å². The minimum absolute atomic E-state index is 0.182. The van der Waals surface area contributed by atoms with Crippen LogP contribution in [0.15, 0.2) is 57.5 Å². The molecule has 2 aromatic carbocycles. The monoisotopic (exact) mass is 538 g/mol. The van der Waals surface area contributed by atoms with Crippen LogP contribution in [0.25, 0.3) is 6.08 Å². The van der Waals surface area contributed by atoms with Gasteiger partial charge in [0.25, 0.3) is 5.56 Å². The Morgan fingerprint density at radius 2 is 1.79 bits per heavy atom. The molecule has 0 N–H and O–H groups in total. The molecular weight excluding hydrogens is 508 g/mol. The molecule has 10 heteroatoms.